The molecule has 1 N–H and O–H groups in total. The highest BCUT2D eigenvalue weighted by atomic mass is 16.5. The predicted molar refractivity (Wildman–Crippen MR) is 43.7 cm³/mol. The quantitative estimate of drug-likeness (QED) is 0.549. The van der Waals surface area contributed by atoms with Gasteiger partial charge in [0.05, 0.1) is 19.3 Å². The minimum atomic E-state index is -0.588. The van der Waals surface area contributed by atoms with Gasteiger partial charge >= 0.3 is 0 Å². The van der Waals surface area contributed by atoms with Crippen molar-refractivity contribution in [3.05, 3.63) is 0 Å². The van der Waals surface area contributed by atoms with Gasteiger partial charge in [0, 0.05) is 13.1 Å². The summed E-state index contributed by atoms with van der Waals surface area (Å²) in [6.45, 7) is 2.35. The summed E-state index contributed by atoms with van der Waals surface area (Å²) in [6, 6.07) is -0.588. The van der Waals surface area contributed by atoms with Crippen molar-refractivity contribution in [1.29, 1.82) is 0 Å². The maximum absolute atomic E-state index is 8.56. The fourth-order valence-corrected chi connectivity index (χ4v) is 0.729. The molecule has 0 rings (SSSR count). The molecule has 0 amide bonds. The van der Waals surface area contributed by atoms with Gasteiger partial charge in [0.15, 0.2) is 0 Å². The first-order chi connectivity index (χ1) is 5.24. The van der Waals surface area contributed by atoms with E-state index >= 15 is 0 Å². The van der Waals surface area contributed by atoms with E-state index in [2.05, 4.69) is 0 Å². The molecule has 0 aliphatic carbocycles. The van der Waals surface area contributed by atoms with E-state index in [1.54, 1.807) is 7.11 Å². The fourth-order valence-electron chi connectivity index (χ4n) is 0.729. The van der Waals surface area contributed by atoms with Gasteiger partial charge in [-0.1, -0.05) is 6.92 Å². The summed E-state index contributed by atoms with van der Waals surface area (Å²) in [5, 5.41) is 8.56. The minimum Gasteiger partial charge on any atom is -0.395 e. The molecule has 0 saturated heterocycles. The van der Waals surface area contributed by atoms with Crippen LogP contribution in [0.3, 0.4) is 0 Å². The Morgan fingerprint density at radius 3 is 2.55 bits per heavy atom. The van der Waals surface area contributed by atoms with E-state index in [1.165, 1.54) is 0 Å². The zero-order chi connectivity index (χ0) is 8.69. The second kappa shape index (κ2) is 6.64. The van der Waals surface area contributed by atoms with Gasteiger partial charge in [-0.25, -0.2) is 0 Å². The zero-order valence-electron chi connectivity index (χ0n) is 7.12. The van der Waals surface area contributed by atoms with Crippen molar-refractivity contribution in [3.8, 4) is 0 Å². The lowest BCUT2D eigenvalue weighted by Crippen LogP contribution is -2.28. The molecule has 4 heteroatoms. The van der Waals surface area contributed by atoms with Crippen LogP contribution < -0.4 is 0 Å². The standard InChI is InChI=1S/C7H15BO3/c1-3-6(5-10-2)11-7(8)4-9/h6-7,9H,3-5H2,1-2H3/t6-,7+/m0/s1. The highest BCUT2D eigenvalue weighted by molar-refractivity contribution is 6.11. The molecular formula is C7H15BO3. The average molecular weight is 158 g/mol. The van der Waals surface area contributed by atoms with E-state index in [0.29, 0.717) is 6.61 Å². The molecule has 0 fully saturated rings. The number of methoxy groups -OCH3 is 1. The topological polar surface area (TPSA) is 38.7 Å². The Morgan fingerprint density at radius 2 is 2.18 bits per heavy atom. The van der Waals surface area contributed by atoms with Crippen molar-refractivity contribution in [1.82, 2.24) is 0 Å². The first-order valence-electron chi connectivity index (χ1n) is 3.75. The van der Waals surface area contributed by atoms with Crippen LogP contribution in [0.25, 0.3) is 0 Å². The normalized spacial score (nSPS) is 16.3. The van der Waals surface area contributed by atoms with E-state index < -0.39 is 6.00 Å². The number of ether oxygens (including phenoxy) is 2. The predicted octanol–water partition coefficient (Wildman–Crippen LogP) is -0.0851. The third kappa shape index (κ3) is 5.24. The molecule has 11 heavy (non-hydrogen) atoms. The van der Waals surface area contributed by atoms with Crippen LogP contribution in [-0.2, 0) is 9.47 Å². The Balaban J connectivity index is 3.49. The zero-order valence-corrected chi connectivity index (χ0v) is 7.12. The van der Waals surface area contributed by atoms with Gasteiger partial charge in [-0.05, 0) is 6.42 Å². The van der Waals surface area contributed by atoms with Crippen LogP contribution >= 0.6 is 0 Å². The van der Waals surface area contributed by atoms with Crippen LogP contribution in [0.2, 0.25) is 0 Å². The lowest BCUT2D eigenvalue weighted by molar-refractivity contribution is -0.0352. The van der Waals surface area contributed by atoms with E-state index in [-0.39, 0.29) is 12.7 Å². The molecule has 64 valence electrons. The van der Waals surface area contributed by atoms with Crippen molar-refractivity contribution in [3.63, 3.8) is 0 Å². The van der Waals surface area contributed by atoms with Crippen LogP contribution in [0, 0.1) is 0 Å². The van der Waals surface area contributed by atoms with Crippen LogP contribution in [0.4, 0.5) is 0 Å². The van der Waals surface area contributed by atoms with Crippen LogP contribution in [0.1, 0.15) is 13.3 Å². The lowest BCUT2D eigenvalue weighted by atomic mass is 10.0. The molecule has 2 radical (unpaired) electrons. The molecule has 0 aromatic carbocycles. The Hall–Kier alpha value is -0.0551. The van der Waals surface area contributed by atoms with Gasteiger partial charge in [-0.15, -0.1) is 0 Å². The Bertz CT molecular complexity index is 89.8. The molecule has 0 aliphatic rings. The van der Waals surface area contributed by atoms with E-state index in [1.807, 2.05) is 6.92 Å². The van der Waals surface area contributed by atoms with Crippen LogP contribution in [0.15, 0.2) is 0 Å². The number of hydrogen-bond acceptors (Lipinski definition) is 3. The minimum absolute atomic E-state index is 0.0119. The van der Waals surface area contributed by atoms with E-state index in [0.717, 1.165) is 6.42 Å². The number of aliphatic hydroxyl groups excluding tert-OH is 1. The largest absolute Gasteiger partial charge is 0.395 e. The summed E-state index contributed by atoms with van der Waals surface area (Å²) in [4.78, 5) is 0. The molecule has 2 atom stereocenters. The number of aliphatic hydroxyl groups is 1. The number of hydrogen-bond donors (Lipinski definition) is 1. The summed E-state index contributed by atoms with van der Waals surface area (Å²) in [6.07, 6.45) is 0.823. The van der Waals surface area contributed by atoms with Gasteiger partial charge in [-0.2, -0.15) is 0 Å². The molecule has 0 aromatic heterocycles. The molecule has 0 spiro atoms. The van der Waals surface area contributed by atoms with Crippen molar-refractivity contribution >= 4 is 7.85 Å². The van der Waals surface area contributed by atoms with Gasteiger partial charge in [-0.3, -0.25) is 0 Å². The van der Waals surface area contributed by atoms with Gasteiger partial charge in [0.2, 0.25) is 0 Å². The summed E-state index contributed by atoms with van der Waals surface area (Å²) in [7, 11) is 6.96. The molecular weight excluding hydrogens is 143 g/mol. The van der Waals surface area contributed by atoms with Gasteiger partial charge in [0.25, 0.3) is 0 Å². The van der Waals surface area contributed by atoms with Crippen LogP contribution in [-0.4, -0.2) is 45.4 Å². The fraction of sp³-hybridized carbons (Fsp3) is 1.00. The second-order valence-electron chi connectivity index (χ2n) is 2.34. The maximum atomic E-state index is 8.56. The molecule has 0 saturated carbocycles. The van der Waals surface area contributed by atoms with Crippen molar-refractivity contribution < 1.29 is 14.6 Å². The van der Waals surface area contributed by atoms with Crippen LogP contribution in [0.5, 0.6) is 0 Å². The summed E-state index contributed by atoms with van der Waals surface area (Å²) >= 11 is 0. The Kier molecular flexibility index (Phi) is 6.61. The summed E-state index contributed by atoms with van der Waals surface area (Å²) < 4.78 is 10.1. The first-order valence-corrected chi connectivity index (χ1v) is 3.75. The second-order valence-corrected chi connectivity index (χ2v) is 2.34. The third-order valence-electron chi connectivity index (χ3n) is 1.36. The smallest absolute Gasteiger partial charge is 0.112 e. The molecule has 0 unspecified atom stereocenters. The van der Waals surface area contributed by atoms with E-state index in [9.17, 15) is 0 Å². The average Bonchev–Trinajstić information content (AvgIpc) is 2.03. The third-order valence-corrected chi connectivity index (χ3v) is 1.36. The monoisotopic (exact) mass is 158 g/mol. The molecule has 0 aliphatic heterocycles. The number of rotatable bonds is 6. The van der Waals surface area contributed by atoms with Crippen molar-refractivity contribution in [2.24, 2.45) is 0 Å². The molecule has 0 heterocycles. The Morgan fingerprint density at radius 1 is 1.55 bits per heavy atom. The maximum Gasteiger partial charge on any atom is 0.112 e. The summed E-state index contributed by atoms with van der Waals surface area (Å²) in [5.74, 6) is 0. The van der Waals surface area contributed by atoms with Crippen molar-refractivity contribution in [2.75, 3.05) is 20.3 Å². The SMILES string of the molecule is [B][C@@H](CO)O[C@@H](CC)COC. The highest BCUT2D eigenvalue weighted by Crippen LogP contribution is 2.00. The molecule has 3 nitrogen and oxygen atoms in total. The molecule has 0 aromatic rings. The van der Waals surface area contributed by atoms with Crippen molar-refractivity contribution in [2.45, 2.75) is 25.5 Å². The first kappa shape index (κ1) is 10.9. The van der Waals surface area contributed by atoms with Gasteiger partial charge < -0.3 is 14.6 Å². The summed E-state index contributed by atoms with van der Waals surface area (Å²) in [5.41, 5.74) is 0. The van der Waals surface area contributed by atoms with E-state index in [4.69, 9.17) is 22.4 Å². The lowest BCUT2D eigenvalue weighted by Gasteiger charge is -2.19. The van der Waals surface area contributed by atoms with Gasteiger partial charge in [0.1, 0.15) is 7.85 Å². The highest BCUT2D eigenvalue weighted by Gasteiger charge is 2.09. The molecule has 0 bridgehead atoms. The Labute approximate surface area is 69.1 Å².